The Morgan fingerprint density at radius 3 is 2.57 bits per heavy atom. The number of methoxy groups -OCH3 is 2. The summed E-state index contributed by atoms with van der Waals surface area (Å²) in [5.74, 6) is 1.26. The molecule has 2 aliphatic rings. The first-order chi connectivity index (χ1) is 22.9. The molecule has 0 fully saturated rings. The van der Waals surface area contributed by atoms with Crippen LogP contribution < -0.4 is 24.4 Å². The van der Waals surface area contributed by atoms with Crippen LogP contribution in [0.2, 0.25) is 10.0 Å². The molecule has 0 saturated heterocycles. The van der Waals surface area contributed by atoms with Crippen LogP contribution in [0.3, 0.4) is 0 Å². The van der Waals surface area contributed by atoms with E-state index in [1.54, 1.807) is 20.3 Å². The molecule has 0 N–H and O–H groups in total. The minimum Gasteiger partial charge on any atom is -0.493 e. The fraction of sp³-hybridized carbons (Fsp3) is 0.158. The summed E-state index contributed by atoms with van der Waals surface area (Å²) in [6.45, 7) is 0.567. The first-order valence-electron chi connectivity index (χ1n) is 15.3. The summed E-state index contributed by atoms with van der Waals surface area (Å²) in [5, 5.41) is 2.27. The van der Waals surface area contributed by atoms with Gasteiger partial charge in [0.15, 0.2) is 16.3 Å². The van der Waals surface area contributed by atoms with Gasteiger partial charge >= 0.3 is 0 Å². The standard InChI is InChI=1S/C38H29Cl2N3O3S/c1-45-32-16-13-23(17-33(32)46-2)36-29-15-12-22-7-3-4-9-28(22)35(29)41-38-43(36)37(44)34(47-38)18-25-21-42(31-10-6-5-8-27(25)31)20-24-11-14-26(39)19-30(24)40/h3-11,13-14,16-19,21,36H,12,15,20H2,1-2H3/b34-18+. The summed E-state index contributed by atoms with van der Waals surface area (Å²) in [6.07, 6.45) is 5.77. The van der Waals surface area contributed by atoms with Gasteiger partial charge < -0.3 is 14.0 Å². The highest BCUT2D eigenvalue weighted by Crippen LogP contribution is 2.43. The molecule has 234 valence electrons. The zero-order chi connectivity index (χ0) is 32.2. The molecule has 1 aliphatic heterocycles. The summed E-state index contributed by atoms with van der Waals surface area (Å²) in [6, 6.07) is 27.8. The fourth-order valence-electron chi connectivity index (χ4n) is 6.84. The van der Waals surface area contributed by atoms with Crippen molar-refractivity contribution < 1.29 is 9.47 Å². The third-order valence-electron chi connectivity index (χ3n) is 9.06. The predicted octanol–water partition coefficient (Wildman–Crippen LogP) is 7.65. The average molecular weight is 679 g/mol. The molecular weight excluding hydrogens is 649 g/mol. The van der Waals surface area contributed by atoms with Gasteiger partial charge in [0.05, 0.1) is 30.5 Å². The lowest BCUT2D eigenvalue weighted by molar-refractivity contribution is 0.354. The molecule has 47 heavy (non-hydrogen) atoms. The molecule has 1 atom stereocenters. The van der Waals surface area contributed by atoms with Crippen molar-refractivity contribution in [3.05, 3.63) is 154 Å². The number of halogens is 2. The Morgan fingerprint density at radius 1 is 0.936 bits per heavy atom. The fourth-order valence-corrected chi connectivity index (χ4v) is 8.30. The van der Waals surface area contributed by atoms with Crippen LogP contribution in [0.4, 0.5) is 0 Å². The van der Waals surface area contributed by atoms with E-state index in [-0.39, 0.29) is 11.6 Å². The Labute approximate surface area is 285 Å². The van der Waals surface area contributed by atoms with Crippen LogP contribution >= 0.6 is 34.5 Å². The highest BCUT2D eigenvalue weighted by Gasteiger charge is 2.33. The van der Waals surface area contributed by atoms with Gasteiger partial charge in [0.2, 0.25) is 0 Å². The number of allylic oxidation sites excluding steroid dienone is 1. The molecule has 0 radical (unpaired) electrons. The summed E-state index contributed by atoms with van der Waals surface area (Å²) >= 11 is 14.1. The molecular formula is C38H29Cl2N3O3S. The smallest absolute Gasteiger partial charge is 0.271 e. The minimum atomic E-state index is -0.329. The maximum Gasteiger partial charge on any atom is 0.271 e. The Balaban J connectivity index is 1.32. The normalized spacial score (nSPS) is 15.7. The molecule has 6 aromatic rings. The van der Waals surface area contributed by atoms with E-state index in [9.17, 15) is 4.79 Å². The van der Waals surface area contributed by atoms with Crippen molar-refractivity contribution in [3.63, 3.8) is 0 Å². The average Bonchev–Trinajstić information content (AvgIpc) is 3.60. The van der Waals surface area contributed by atoms with Gasteiger partial charge in [-0.25, -0.2) is 4.99 Å². The van der Waals surface area contributed by atoms with Gasteiger partial charge in [0, 0.05) is 44.8 Å². The molecule has 8 rings (SSSR count). The van der Waals surface area contributed by atoms with Gasteiger partial charge in [-0.1, -0.05) is 89.1 Å². The van der Waals surface area contributed by atoms with Crippen LogP contribution in [-0.2, 0) is 13.0 Å². The summed E-state index contributed by atoms with van der Waals surface area (Å²) in [5.41, 5.74) is 8.32. The van der Waals surface area contributed by atoms with Crippen LogP contribution in [0, 0.1) is 0 Å². The van der Waals surface area contributed by atoms with Gasteiger partial charge in [0.1, 0.15) is 0 Å². The van der Waals surface area contributed by atoms with Gasteiger partial charge in [-0.3, -0.25) is 9.36 Å². The Hall–Kier alpha value is -4.56. The number of para-hydroxylation sites is 1. The maximum absolute atomic E-state index is 14.5. The van der Waals surface area contributed by atoms with E-state index in [0.717, 1.165) is 57.3 Å². The lowest BCUT2D eigenvalue weighted by Crippen LogP contribution is -2.38. The van der Waals surface area contributed by atoms with Crippen molar-refractivity contribution in [2.45, 2.75) is 25.4 Å². The van der Waals surface area contributed by atoms with E-state index in [0.29, 0.717) is 37.4 Å². The first kappa shape index (κ1) is 29.8. The van der Waals surface area contributed by atoms with Crippen LogP contribution in [0.1, 0.15) is 40.3 Å². The number of ether oxygens (including phenoxy) is 2. The van der Waals surface area contributed by atoms with Crippen molar-refractivity contribution in [1.82, 2.24) is 9.13 Å². The second kappa shape index (κ2) is 11.9. The van der Waals surface area contributed by atoms with Crippen LogP contribution in [0.15, 0.2) is 106 Å². The molecule has 6 nitrogen and oxygen atoms in total. The van der Waals surface area contributed by atoms with Crippen molar-refractivity contribution in [1.29, 1.82) is 0 Å². The molecule has 1 aliphatic carbocycles. The minimum absolute atomic E-state index is 0.0727. The predicted molar refractivity (Wildman–Crippen MR) is 190 cm³/mol. The second-order valence-corrected chi connectivity index (χ2v) is 13.5. The molecule has 2 aromatic heterocycles. The number of hydrogen-bond donors (Lipinski definition) is 0. The lowest BCUT2D eigenvalue weighted by atomic mass is 9.83. The monoisotopic (exact) mass is 677 g/mol. The molecule has 9 heteroatoms. The van der Waals surface area contributed by atoms with Gasteiger partial charge in [-0.2, -0.15) is 0 Å². The number of hydrogen-bond acceptors (Lipinski definition) is 5. The lowest BCUT2D eigenvalue weighted by Gasteiger charge is -2.31. The largest absolute Gasteiger partial charge is 0.493 e. The third-order valence-corrected chi connectivity index (χ3v) is 10.6. The summed E-state index contributed by atoms with van der Waals surface area (Å²) in [4.78, 5) is 20.3. The highest BCUT2D eigenvalue weighted by molar-refractivity contribution is 7.07. The molecule has 1 unspecified atom stereocenters. The SMILES string of the molecule is COc1ccc(C2C3=C(N=c4s/c(=C/c5cn(Cc6ccc(Cl)cc6Cl)c6ccccc56)c(=O)n42)c2ccccc2CC3)cc1OC. The zero-order valence-corrected chi connectivity index (χ0v) is 28.0. The first-order valence-corrected chi connectivity index (χ1v) is 16.9. The number of fused-ring (bicyclic) bond motifs is 4. The Morgan fingerprint density at radius 2 is 1.74 bits per heavy atom. The molecule has 3 heterocycles. The molecule has 4 aromatic carbocycles. The van der Waals surface area contributed by atoms with E-state index in [1.807, 2.05) is 53.1 Å². The highest BCUT2D eigenvalue weighted by atomic mass is 35.5. The van der Waals surface area contributed by atoms with Crippen molar-refractivity contribution >= 4 is 57.2 Å². The quantitative estimate of drug-likeness (QED) is 0.182. The Kier molecular flexibility index (Phi) is 7.55. The molecule has 0 bridgehead atoms. The Bertz CT molecular complexity index is 2440. The number of aryl methyl sites for hydroxylation is 1. The zero-order valence-electron chi connectivity index (χ0n) is 25.7. The van der Waals surface area contributed by atoms with Gasteiger partial charge in [0.25, 0.3) is 5.56 Å². The van der Waals surface area contributed by atoms with Crippen LogP contribution in [-0.4, -0.2) is 23.4 Å². The third kappa shape index (κ3) is 5.10. The van der Waals surface area contributed by atoms with Crippen molar-refractivity contribution in [2.75, 3.05) is 14.2 Å². The summed E-state index contributed by atoms with van der Waals surface area (Å²) < 4.78 is 15.9. The van der Waals surface area contributed by atoms with Gasteiger partial charge in [-0.05, 0) is 71.5 Å². The van der Waals surface area contributed by atoms with E-state index in [2.05, 4.69) is 47.2 Å². The number of rotatable bonds is 6. The number of benzene rings is 4. The van der Waals surface area contributed by atoms with Crippen molar-refractivity contribution in [2.24, 2.45) is 4.99 Å². The molecule has 0 saturated carbocycles. The topological polar surface area (TPSA) is 57.8 Å². The van der Waals surface area contributed by atoms with E-state index in [4.69, 9.17) is 37.7 Å². The second-order valence-electron chi connectivity index (χ2n) is 11.7. The maximum atomic E-state index is 14.5. The van der Waals surface area contributed by atoms with E-state index >= 15 is 0 Å². The van der Waals surface area contributed by atoms with Crippen LogP contribution in [0.5, 0.6) is 11.5 Å². The van der Waals surface area contributed by atoms with E-state index in [1.165, 1.54) is 16.9 Å². The number of aromatic nitrogens is 2. The van der Waals surface area contributed by atoms with Crippen molar-refractivity contribution in [3.8, 4) is 11.5 Å². The summed E-state index contributed by atoms with van der Waals surface area (Å²) in [7, 11) is 3.26. The number of thiazole rings is 1. The van der Waals surface area contributed by atoms with Crippen LogP contribution in [0.25, 0.3) is 22.7 Å². The molecule has 0 spiro atoms. The number of nitrogens with zero attached hydrogens (tertiary/aromatic N) is 3. The van der Waals surface area contributed by atoms with Gasteiger partial charge in [-0.15, -0.1) is 0 Å². The molecule has 0 amide bonds. The van der Waals surface area contributed by atoms with E-state index < -0.39 is 0 Å².